The summed E-state index contributed by atoms with van der Waals surface area (Å²) < 4.78 is 17.3. The third kappa shape index (κ3) is 9.18. The lowest BCUT2D eigenvalue weighted by Crippen LogP contribution is -2.45. The van der Waals surface area contributed by atoms with E-state index >= 15 is 0 Å². The van der Waals surface area contributed by atoms with Crippen molar-refractivity contribution in [2.24, 2.45) is 5.92 Å². The summed E-state index contributed by atoms with van der Waals surface area (Å²) in [7, 11) is 1.11. The van der Waals surface area contributed by atoms with Gasteiger partial charge in [-0.3, -0.25) is 4.79 Å². The first kappa shape index (κ1) is 32.7. The van der Waals surface area contributed by atoms with Crippen LogP contribution in [0.3, 0.4) is 0 Å². The molecule has 0 radical (unpaired) electrons. The van der Waals surface area contributed by atoms with Crippen LogP contribution < -0.4 is 14.9 Å². The maximum Gasteiger partial charge on any atom is 0.238 e. The Kier molecular flexibility index (Phi) is 12.4. The number of methoxy groups -OCH3 is 2. The summed E-state index contributed by atoms with van der Waals surface area (Å²) in [6.07, 6.45) is 12.6. The van der Waals surface area contributed by atoms with Crippen LogP contribution in [0.5, 0.6) is 11.6 Å². The second-order valence-electron chi connectivity index (χ2n) is 11.6. The Bertz CT molecular complexity index is 1080. The maximum absolute atomic E-state index is 12.5. The number of H-pyrrole nitrogens is 1. The molecular weight excluding hydrogens is 478 g/mol. The topological polar surface area (TPSA) is 60.6 Å². The van der Waals surface area contributed by atoms with E-state index in [4.69, 9.17) is 13.9 Å². The Hall–Kier alpha value is -2.31. The fraction of sp³-hybridized carbons (Fsp3) is 0.581. The molecule has 1 aromatic rings. The highest BCUT2D eigenvalue weighted by molar-refractivity contribution is 6.74. The summed E-state index contributed by atoms with van der Waals surface area (Å²) in [6, 6.07) is 0. The second kappa shape index (κ2) is 14.0. The van der Waals surface area contributed by atoms with Crippen molar-refractivity contribution in [2.45, 2.75) is 99.4 Å². The van der Waals surface area contributed by atoms with Gasteiger partial charge in [-0.2, -0.15) is 0 Å². The molecule has 0 amide bonds. The Morgan fingerprint density at radius 1 is 1.11 bits per heavy atom. The van der Waals surface area contributed by atoms with E-state index in [9.17, 15) is 4.79 Å². The molecule has 0 aliphatic carbocycles. The van der Waals surface area contributed by atoms with E-state index < -0.39 is 8.32 Å². The van der Waals surface area contributed by atoms with Crippen LogP contribution in [0.1, 0.15) is 73.1 Å². The monoisotopic (exact) mass is 529 g/mol. The quantitative estimate of drug-likeness (QED) is 0.169. The summed E-state index contributed by atoms with van der Waals surface area (Å²) >= 11 is 0. The van der Waals surface area contributed by atoms with Gasteiger partial charge in [-0.1, -0.05) is 69.2 Å². The van der Waals surface area contributed by atoms with Crippen molar-refractivity contribution in [1.82, 2.24) is 4.98 Å². The van der Waals surface area contributed by atoms with Crippen molar-refractivity contribution >= 4 is 8.32 Å². The van der Waals surface area contributed by atoms with Crippen LogP contribution in [-0.2, 0) is 10.8 Å². The zero-order valence-electron chi connectivity index (χ0n) is 25.6. The van der Waals surface area contributed by atoms with Gasteiger partial charge < -0.3 is 18.9 Å². The Balaban J connectivity index is 2.95. The minimum absolute atomic E-state index is 0.0859. The summed E-state index contributed by atoms with van der Waals surface area (Å²) in [4.78, 5) is 15.7. The van der Waals surface area contributed by atoms with Gasteiger partial charge in [-0.05, 0) is 64.7 Å². The Morgan fingerprint density at radius 2 is 1.73 bits per heavy atom. The van der Waals surface area contributed by atoms with E-state index in [0.29, 0.717) is 17.9 Å². The van der Waals surface area contributed by atoms with Crippen molar-refractivity contribution in [2.75, 3.05) is 14.2 Å². The number of ether oxygens (including phenoxy) is 2. The smallest absolute Gasteiger partial charge is 0.238 e. The van der Waals surface area contributed by atoms with Crippen molar-refractivity contribution in [3.8, 4) is 11.6 Å². The van der Waals surface area contributed by atoms with Crippen LogP contribution in [0.25, 0.3) is 0 Å². The molecule has 6 heteroatoms. The first-order valence-electron chi connectivity index (χ1n) is 13.2. The third-order valence-electron chi connectivity index (χ3n) is 7.49. The van der Waals surface area contributed by atoms with Gasteiger partial charge in [0.1, 0.15) is 0 Å². The van der Waals surface area contributed by atoms with Crippen molar-refractivity contribution < 1.29 is 13.9 Å². The number of allylic oxidation sites excluding steroid dienone is 6. The summed E-state index contributed by atoms with van der Waals surface area (Å²) in [5.41, 5.74) is 5.09. The predicted octanol–water partition coefficient (Wildman–Crippen LogP) is 8.07. The van der Waals surface area contributed by atoms with Gasteiger partial charge >= 0.3 is 0 Å². The van der Waals surface area contributed by atoms with Crippen molar-refractivity contribution in [3.05, 3.63) is 68.6 Å². The highest BCUT2D eigenvalue weighted by Gasteiger charge is 2.40. The average Bonchev–Trinajstić information content (AvgIpc) is 2.81. The van der Waals surface area contributed by atoms with Crippen molar-refractivity contribution in [1.29, 1.82) is 0 Å². The molecule has 5 nitrogen and oxygen atoms in total. The number of hydrogen-bond acceptors (Lipinski definition) is 4. The number of pyridine rings is 1. The first-order valence-corrected chi connectivity index (χ1v) is 16.1. The molecule has 0 saturated heterocycles. The van der Waals surface area contributed by atoms with Gasteiger partial charge in [-0.15, -0.1) is 0 Å². The molecule has 0 bridgehead atoms. The largest absolute Gasteiger partial charge is 0.488 e. The Morgan fingerprint density at radius 3 is 2.24 bits per heavy atom. The molecule has 1 heterocycles. The number of nitrogens with one attached hydrogen (secondary N) is 1. The molecule has 1 N–H and O–H groups in total. The molecular formula is C31H51NO4Si. The van der Waals surface area contributed by atoms with E-state index in [-0.39, 0.29) is 28.2 Å². The lowest BCUT2D eigenvalue weighted by atomic mass is 9.96. The van der Waals surface area contributed by atoms with Crippen LogP contribution in [-0.4, -0.2) is 33.6 Å². The van der Waals surface area contributed by atoms with Gasteiger partial charge in [0.2, 0.25) is 17.1 Å². The highest BCUT2D eigenvalue weighted by atomic mass is 28.4. The lowest BCUT2D eigenvalue weighted by molar-refractivity contribution is 0.178. The molecule has 0 aliphatic rings. The molecule has 0 aromatic carbocycles. The summed E-state index contributed by atoms with van der Waals surface area (Å²) in [5.74, 6) is 0.847. The van der Waals surface area contributed by atoms with Gasteiger partial charge in [0.25, 0.3) is 0 Å². The molecule has 0 aliphatic heterocycles. The SMILES string of the molecule is C/C=C(\C)[C@H](O[Si](C)(C)C(C)(C)C)[C@H](C)/C=C(C)/C=C/C/C(C)=C/Cc1[nH]c(OC)c(OC)c(=O)c1C. The fourth-order valence-electron chi connectivity index (χ4n) is 3.85. The zero-order chi connectivity index (χ0) is 28.6. The number of rotatable bonds is 12. The zero-order valence-corrected chi connectivity index (χ0v) is 26.6. The maximum atomic E-state index is 12.5. The number of aromatic amines is 1. The minimum atomic E-state index is -1.89. The molecule has 37 heavy (non-hydrogen) atoms. The van der Waals surface area contributed by atoms with Crippen LogP contribution >= 0.6 is 0 Å². The predicted molar refractivity (Wildman–Crippen MR) is 161 cm³/mol. The third-order valence-corrected chi connectivity index (χ3v) is 11.9. The van der Waals surface area contributed by atoms with Crippen molar-refractivity contribution in [3.63, 3.8) is 0 Å². The fourth-order valence-corrected chi connectivity index (χ4v) is 5.24. The highest BCUT2D eigenvalue weighted by Crippen LogP contribution is 2.39. The Labute approximate surface area is 226 Å². The van der Waals surface area contributed by atoms with Crippen LogP contribution in [0.2, 0.25) is 18.1 Å². The molecule has 1 rings (SSSR count). The summed E-state index contributed by atoms with van der Waals surface area (Å²) in [6.45, 7) is 24.1. The normalized spacial score (nSPS) is 15.8. The van der Waals surface area contributed by atoms with E-state index in [0.717, 1.165) is 12.1 Å². The van der Waals surface area contributed by atoms with Crippen LogP contribution in [0.15, 0.2) is 51.9 Å². The molecule has 2 atom stereocenters. The number of hydrogen-bond donors (Lipinski definition) is 1. The van der Waals surface area contributed by atoms with E-state index in [1.807, 2.05) is 6.92 Å². The first-order chi connectivity index (χ1) is 17.1. The molecule has 208 valence electrons. The second-order valence-corrected chi connectivity index (χ2v) is 16.3. The van der Waals surface area contributed by atoms with Gasteiger partial charge in [-0.25, -0.2) is 0 Å². The standard InChI is InChI=1S/C31H51NO4Si/c1-14-23(4)28(36-37(12,13)31(7,8)9)24(5)20-22(3)17-15-16-21(2)18-19-26-25(6)27(33)29(34-10)30(32-26)35-11/h14-15,17-18,20,24,28H,16,19H2,1-13H3,(H,32,33)/b17-15+,21-18+,22-20+,23-14+/t24-,28+/m1/s1. The van der Waals surface area contributed by atoms with Crippen LogP contribution in [0.4, 0.5) is 0 Å². The van der Waals surface area contributed by atoms with Gasteiger partial charge in [0.15, 0.2) is 8.32 Å². The molecule has 1 aromatic heterocycles. The van der Waals surface area contributed by atoms with E-state index in [2.05, 4.69) is 104 Å². The average molecular weight is 530 g/mol. The van der Waals surface area contributed by atoms with Gasteiger partial charge in [0.05, 0.1) is 20.3 Å². The van der Waals surface area contributed by atoms with Gasteiger partial charge in [0, 0.05) is 23.6 Å². The van der Waals surface area contributed by atoms with Crippen LogP contribution in [0, 0.1) is 12.8 Å². The number of aromatic nitrogens is 1. The molecule has 0 saturated carbocycles. The molecule has 0 spiro atoms. The molecule has 0 unspecified atom stereocenters. The lowest BCUT2D eigenvalue weighted by Gasteiger charge is -2.41. The van der Waals surface area contributed by atoms with E-state index in [1.54, 1.807) is 0 Å². The van der Waals surface area contributed by atoms with E-state index in [1.165, 1.54) is 30.9 Å². The summed E-state index contributed by atoms with van der Waals surface area (Å²) in [5, 5.41) is 0.171. The minimum Gasteiger partial charge on any atom is -0.488 e. The molecule has 0 fully saturated rings.